The van der Waals surface area contributed by atoms with E-state index in [0.717, 1.165) is 25.9 Å². The molecule has 0 radical (unpaired) electrons. The molecule has 3 N–H and O–H groups in total. The van der Waals surface area contributed by atoms with E-state index in [4.69, 9.17) is 4.42 Å². The first-order chi connectivity index (χ1) is 8.31. The van der Waals surface area contributed by atoms with Crippen molar-refractivity contribution >= 4 is 29.5 Å². The van der Waals surface area contributed by atoms with Gasteiger partial charge in [0.15, 0.2) is 5.58 Å². The number of piperidine rings is 1. The predicted molar refractivity (Wildman–Crippen MR) is 72.4 cm³/mol. The monoisotopic (exact) mass is 269 g/mol. The number of hydrogen-bond acceptors (Lipinski definition) is 5. The Balaban J connectivity index is 0.00000120. The number of nitrogens with one attached hydrogen (secondary N) is 2. The number of nitrogens with zero attached hydrogens (tertiary/aromatic N) is 1. The highest BCUT2D eigenvalue weighted by molar-refractivity contribution is 5.85. The Bertz CT molecular complexity index is 523. The van der Waals surface area contributed by atoms with Crippen molar-refractivity contribution in [3.05, 3.63) is 18.2 Å². The van der Waals surface area contributed by atoms with E-state index in [1.807, 2.05) is 0 Å². The number of oxazole rings is 1. The van der Waals surface area contributed by atoms with Crippen LogP contribution in [0.4, 0.5) is 6.01 Å². The van der Waals surface area contributed by atoms with Gasteiger partial charge in [-0.25, -0.2) is 0 Å². The molecule has 2 heterocycles. The van der Waals surface area contributed by atoms with E-state index in [1.165, 1.54) is 0 Å². The lowest BCUT2D eigenvalue weighted by atomic mass is 10.1. The third-order valence-electron chi connectivity index (χ3n) is 3.04. The van der Waals surface area contributed by atoms with E-state index in [0.29, 0.717) is 23.2 Å². The number of fused-ring (bicyclic) bond motifs is 1. The lowest BCUT2D eigenvalue weighted by Gasteiger charge is -2.22. The maximum atomic E-state index is 9.35. The van der Waals surface area contributed by atoms with Crippen LogP contribution < -0.4 is 10.6 Å². The second-order valence-electron chi connectivity index (χ2n) is 4.34. The summed E-state index contributed by atoms with van der Waals surface area (Å²) < 4.78 is 5.57. The largest absolute Gasteiger partial charge is 0.508 e. The van der Waals surface area contributed by atoms with Crippen LogP contribution in [-0.2, 0) is 0 Å². The summed E-state index contributed by atoms with van der Waals surface area (Å²) in [6, 6.07) is 5.88. The summed E-state index contributed by atoms with van der Waals surface area (Å²) in [7, 11) is 0. The highest BCUT2D eigenvalue weighted by Gasteiger charge is 2.15. The summed E-state index contributed by atoms with van der Waals surface area (Å²) in [6.45, 7) is 2.05. The summed E-state index contributed by atoms with van der Waals surface area (Å²) in [4.78, 5) is 4.31. The van der Waals surface area contributed by atoms with E-state index in [-0.39, 0.29) is 18.2 Å². The van der Waals surface area contributed by atoms with Gasteiger partial charge in [0.05, 0.1) is 0 Å². The molecule has 0 aliphatic carbocycles. The molecule has 1 aliphatic rings. The SMILES string of the molecule is Cl.Oc1ccc2oc(NC3CCNCC3)nc2c1. The molecule has 0 unspecified atom stereocenters. The molecule has 3 rings (SSSR count). The molecule has 2 aromatic rings. The highest BCUT2D eigenvalue weighted by atomic mass is 35.5. The fourth-order valence-corrected chi connectivity index (χ4v) is 2.12. The van der Waals surface area contributed by atoms with Crippen LogP contribution in [0.1, 0.15) is 12.8 Å². The number of aromatic nitrogens is 1. The molecule has 18 heavy (non-hydrogen) atoms. The molecule has 1 fully saturated rings. The Kier molecular flexibility index (Phi) is 3.93. The first kappa shape index (κ1) is 13.0. The molecule has 1 aromatic heterocycles. The summed E-state index contributed by atoms with van der Waals surface area (Å²) in [5.41, 5.74) is 1.38. The van der Waals surface area contributed by atoms with Crippen molar-refractivity contribution in [1.82, 2.24) is 10.3 Å². The summed E-state index contributed by atoms with van der Waals surface area (Å²) >= 11 is 0. The fraction of sp³-hybridized carbons (Fsp3) is 0.417. The van der Waals surface area contributed by atoms with Crippen molar-refractivity contribution in [3.8, 4) is 5.75 Å². The number of phenols is 1. The number of anilines is 1. The van der Waals surface area contributed by atoms with Crippen molar-refractivity contribution in [2.75, 3.05) is 18.4 Å². The summed E-state index contributed by atoms with van der Waals surface area (Å²) in [6.07, 6.45) is 2.15. The van der Waals surface area contributed by atoms with Gasteiger partial charge in [-0.05, 0) is 38.1 Å². The second-order valence-corrected chi connectivity index (χ2v) is 4.34. The fourth-order valence-electron chi connectivity index (χ4n) is 2.12. The van der Waals surface area contributed by atoms with Gasteiger partial charge in [-0.3, -0.25) is 0 Å². The average molecular weight is 270 g/mol. The zero-order chi connectivity index (χ0) is 11.7. The third kappa shape index (κ3) is 2.68. The molecule has 0 saturated carbocycles. The maximum absolute atomic E-state index is 9.35. The van der Waals surface area contributed by atoms with Gasteiger partial charge in [-0.15, -0.1) is 12.4 Å². The van der Waals surface area contributed by atoms with E-state index in [2.05, 4.69) is 15.6 Å². The van der Waals surface area contributed by atoms with Crippen molar-refractivity contribution in [1.29, 1.82) is 0 Å². The molecule has 5 nitrogen and oxygen atoms in total. The molecule has 6 heteroatoms. The zero-order valence-electron chi connectivity index (χ0n) is 9.85. The third-order valence-corrected chi connectivity index (χ3v) is 3.04. The van der Waals surface area contributed by atoms with Crippen LogP contribution in [0.25, 0.3) is 11.1 Å². The Morgan fingerprint density at radius 2 is 2.11 bits per heavy atom. The number of rotatable bonds is 2. The Hall–Kier alpha value is -1.46. The topological polar surface area (TPSA) is 70.3 Å². The van der Waals surface area contributed by atoms with Gasteiger partial charge < -0.3 is 20.2 Å². The van der Waals surface area contributed by atoms with Crippen molar-refractivity contribution in [3.63, 3.8) is 0 Å². The number of aromatic hydroxyl groups is 1. The zero-order valence-corrected chi connectivity index (χ0v) is 10.7. The minimum Gasteiger partial charge on any atom is -0.508 e. The smallest absolute Gasteiger partial charge is 0.295 e. The first-order valence-corrected chi connectivity index (χ1v) is 5.88. The molecular weight excluding hydrogens is 254 g/mol. The minimum atomic E-state index is 0. The summed E-state index contributed by atoms with van der Waals surface area (Å²) in [5, 5.41) is 16.0. The van der Waals surface area contributed by atoms with Crippen LogP contribution in [0.3, 0.4) is 0 Å². The molecule has 0 atom stereocenters. The molecule has 1 saturated heterocycles. The van der Waals surface area contributed by atoms with Crippen LogP contribution in [0, 0.1) is 0 Å². The van der Waals surface area contributed by atoms with Gasteiger partial charge in [-0.2, -0.15) is 4.98 Å². The Morgan fingerprint density at radius 3 is 2.89 bits per heavy atom. The van der Waals surface area contributed by atoms with Gasteiger partial charge in [0.1, 0.15) is 11.3 Å². The van der Waals surface area contributed by atoms with Crippen LogP contribution in [-0.4, -0.2) is 29.2 Å². The van der Waals surface area contributed by atoms with Gasteiger partial charge in [-0.1, -0.05) is 0 Å². The predicted octanol–water partition coefficient (Wildman–Crippen LogP) is 2.12. The lowest BCUT2D eigenvalue weighted by Crippen LogP contribution is -2.35. The first-order valence-electron chi connectivity index (χ1n) is 5.88. The van der Waals surface area contributed by atoms with Crippen LogP contribution in [0.2, 0.25) is 0 Å². The van der Waals surface area contributed by atoms with Crippen LogP contribution in [0.15, 0.2) is 22.6 Å². The van der Waals surface area contributed by atoms with Gasteiger partial charge in [0.2, 0.25) is 0 Å². The Labute approximate surface area is 111 Å². The Morgan fingerprint density at radius 1 is 1.33 bits per heavy atom. The van der Waals surface area contributed by atoms with Crippen molar-refractivity contribution < 1.29 is 9.52 Å². The normalized spacial score (nSPS) is 16.4. The number of hydrogen-bond donors (Lipinski definition) is 3. The molecular formula is C12H16ClN3O2. The van der Waals surface area contributed by atoms with Crippen LogP contribution in [0.5, 0.6) is 5.75 Å². The molecule has 1 aliphatic heterocycles. The highest BCUT2D eigenvalue weighted by Crippen LogP contribution is 2.23. The van der Waals surface area contributed by atoms with E-state index in [1.54, 1.807) is 18.2 Å². The molecule has 0 spiro atoms. The average Bonchev–Trinajstić information content (AvgIpc) is 2.71. The molecule has 0 bridgehead atoms. The van der Waals surface area contributed by atoms with Gasteiger partial charge >= 0.3 is 0 Å². The molecule has 0 amide bonds. The number of halogens is 1. The lowest BCUT2D eigenvalue weighted by molar-refractivity contribution is 0.466. The number of phenolic OH excluding ortho intramolecular Hbond substituents is 1. The summed E-state index contributed by atoms with van der Waals surface area (Å²) in [5.74, 6) is 0.208. The molecule has 98 valence electrons. The molecule has 1 aromatic carbocycles. The van der Waals surface area contributed by atoms with Crippen molar-refractivity contribution in [2.24, 2.45) is 0 Å². The van der Waals surface area contributed by atoms with E-state index >= 15 is 0 Å². The quantitative estimate of drug-likeness (QED) is 0.779. The van der Waals surface area contributed by atoms with Gasteiger partial charge in [0.25, 0.3) is 6.01 Å². The standard InChI is InChI=1S/C12H15N3O2.ClH/c16-9-1-2-11-10(7-9)15-12(17-11)14-8-3-5-13-6-4-8;/h1-2,7-8,13,16H,3-6H2,(H,14,15);1H. The minimum absolute atomic E-state index is 0. The second kappa shape index (κ2) is 5.46. The van der Waals surface area contributed by atoms with Crippen LogP contribution >= 0.6 is 12.4 Å². The van der Waals surface area contributed by atoms with Crippen molar-refractivity contribution in [2.45, 2.75) is 18.9 Å². The maximum Gasteiger partial charge on any atom is 0.295 e. The van der Waals surface area contributed by atoms with Gasteiger partial charge in [0, 0.05) is 12.1 Å². The van der Waals surface area contributed by atoms with E-state index in [9.17, 15) is 5.11 Å². The van der Waals surface area contributed by atoms with E-state index < -0.39 is 0 Å². The number of benzene rings is 1.